The molecule has 1 aliphatic carbocycles. The molecule has 17 heavy (non-hydrogen) atoms. The normalized spacial score (nSPS) is 27.0. The highest BCUT2D eigenvalue weighted by Gasteiger charge is 2.28. The lowest BCUT2D eigenvalue weighted by Gasteiger charge is -2.31. The zero-order chi connectivity index (χ0) is 12.8. The third kappa shape index (κ3) is 4.97. The first-order valence-electron chi connectivity index (χ1n) is 7.48. The van der Waals surface area contributed by atoms with E-state index in [0.717, 1.165) is 30.5 Å². The third-order valence-electron chi connectivity index (χ3n) is 4.21. The average molecular weight is 240 g/mol. The fourth-order valence-electron chi connectivity index (χ4n) is 3.20. The first-order chi connectivity index (χ1) is 8.04. The molecule has 0 aromatic heterocycles. The summed E-state index contributed by atoms with van der Waals surface area (Å²) in [5, 5.41) is 3.65. The average Bonchev–Trinajstić information content (AvgIpc) is 2.65. The molecule has 0 spiro atoms. The highest BCUT2D eigenvalue weighted by Crippen LogP contribution is 2.27. The van der Waals surface area contributed by atoms with Gasteiger partial charge in [0.1, 0.15) is 0 Å². The lowest BCUT2D eigenvalue weighted by Crippen LogP contribution is -2.41. The van der Waals surface area contributed by atoms with Crippen molar-refractivity contribution in [3.05, 3.63) is 0 Å². The Morgan fingerprint density at radius 2 is 1.94 bits per heavy atom. The monoisotopic (exact) mass is 240 g/mol. The molecule has 2 heteroatoms. The summed E-state index contributed by atoms with van der Waals surface area (Å²) in [5.41, 5.74) is 0. The molecule has 3 atom stereocenters. The van der Waals surface area contributed by atoms with Gasteiger partial charge in [-0.2, -0.15) is 0 Å². The van der Waals surface area contributed by atoms with Crippen molar-refractivity contribution in [3.63, 3.8) is 0 Å². The maximum Gasteiger partial charge on any atom is 0.0107 e. The summed E-state index contributed by atoms with van der Waals surface area (Å²) in [5.74, 6) is 1.68. The second kappa shape index (κ2) is 7.38. The summed E-state index contributed by atoms with van der Waals surface area (Å²) in [6, 6.07) is 1.49. The number of hydrogen-bond donors (Lipinski definition) is 1. The van der Waals surface area contributed by atoms with Gasteiger partial charge in [-0.15, -0.1) is 0 Å². The zero-order valence-corrected chi connectivity index (χ0v) is 12.5. The van der Waals surface area contributed by atoms with Gasteiger partial charge in [0.2, 0.25) is 0 Å². The van der Waals surface area contributed by atoms with E-state index in [-0.39, 0.29) is 0 Å². The first kappa shape index (κ1) is 15.0. The number of nitrogens with one attached hydrogen (secondary N) is 1. The fraction of sp³-hybridized carbons (Fsp3) is 1.00. The third-order valence-corrected chi connectivity index (χ3v) is 4.21. The van der Waals surface area contributed by atoms with E-state index in [1.165, 1.54) is 32.2 Å². The van der Waals surface area contributed by atoms with Crippen molar-refractivity contribution in [2.75, 3.05) is 20.1 Å². The van der Waals surface area contributed by atoms with Crippen molar-refractivity contribution >= 4 is 0 Å². The van der Waals surface area contributed by atoms with E-state index in [1.54, 1.807) is 0 Å². The molecule has 1 N–H and O–H groups in total. The lowest BCUT2D eigenvalue weighted by molar-refractivity contribution is 0.184. The van der Waals surface area contributed by atoms with Crippen LogP contribution in [0.3, 0.4) is 0 Å². The lowest BCUT2D eigenvalue weighted by atomic mass is 10.00. The van der Waals surface area contributed by atoms with Crippen molar-refractivity contribution in [1.82, 2.24) is 10.2 Å². The molecule has 102 valence electrons. The van der Waals surface area contributed by atoms with Crippen molar-refractivity contribution in [3.8, 4) is 0 Å². The first-order valence-corrected chi connectivity index (χ1v) is 7.48. The molecule has 0 bridgehead atoms. The summed E-state index contributed by atoms with van der Waals surface area (Å²) in [7, 11) is 2.30. The van der Waals surface area contributed by atoms with Gasteiger partial charge in [-0.1, -0.05) is 27.2 Å². The maximum absolute atomic E-state index is 3.65. The van der Waals surface area contributed by atoms with E-state index < -0.39 is 0 Å². The Kier molecular flexibility index (Phi) is 6.50. The van der Waals surface area contributed by atoms with Crippen LogP contribution >= 0.6 is 0 Å². The van der Waals surface area contributed by atoms with Crippen LogP contribution in [0.1, 0.15) is 53.4 Å². The van der Waals surface area contributed by atoms with Crippen LogP contribution in [0.2, 0.25) is 0 Å². The minimum atomic E-state index is 0.720. The summed E-state index contributed by atoms with van der Waals surface area (Å²) in [4.78, 5) is 2.57. The smallest absolute Gasteiger partial charge is 0.0107 e. The molecule has 1 aliphatic rings. The molecule has 0 aromatic rings. The molecule has 0 aliphatic heterocycles. The van der Waals surface area contributed by atoms with Gasteiger partial charge in [0.15, 0.2) is 0 Å². The number of rotatable bonds is 7. The van der Waals surface area contributed by atoms with Gasteiger partial charge < -0.3 is 10.2 Å². The van der Waals surface area contributed by atoms with Crippen LogP contribution < -0.4 is 5.32 Å². The Morgan fingerprint density at radius 3 is 2.53 bits per heavy atom. The van der Waals surface area contributed by atoms with Gasteiger partial charge in [-0.25, -0.2) is 0 Å². The molecule has 0 aromatic carbocycles. The summed E-state index contributed by atoms with van der Waals surface area (Å²) < 4.78 is 0. The van der Waals surface area contributed by atoms with Crippen LogP contribution in [0.15, 0.2) is 0 Å². The SMILES string of the molecule is CCNC1CCCC1CN(C)C(C)CC(C)C. The fourth-order valence-corrected chi connectivity index (χ4v) is 3.20. The Balaban J connectivity index is 2.36. The number of nitrogens with zero attached hydrogens (tertiary/aromatic N) is 1. The predicted molar refractivity (Wildman–Crippen MR) is 76.4 cm³/mol. The highest BCUT2D eigenvalue weighted by atomic mass is 15.1. The molecule has 0 saturated heterocycles. The topological polar surface area (TPSA) is 15.3 Å². The maximum atomic E-state index is 3.65. The van der Waals surface area contributed by atoms with Crippen LogP contribution in [0.5, 0.6) is 0 Å². The van der Waals surface area contributed by atoms with Gasteiger partial charge in [0.25, 0.3) is 0 Å². The Hall–Kier alpha value is -0.0800. The Labute approximate surface area is 108 Å². The van der Waals surface area contributed by atoms with Crippen LogP contribution in [0, 0.1) is 11.8 Å². The van der Waals surface area contributed by atoms with Crippen LogP contribution in [-0.2, 0) is 0 Å². The highest BCUT2D eigenvalue weighted by molar-refractivity contribution is 4.85. The van der Waals surface area contributed by atoms with Crippen molar-refractivity contribution in [2.45, 2.75) is 65.5 Å². The second-order valence-corrected chi connectivity index (χ2v) is 6.27. The Bertz CT molecular complexity index is 203. The van der Waals surface area contributed by atoms with E-state index in [4.69, 9.17) is 0 Å². The van der Waals surface area contributed by atoms with Gasteiger partial charge in [-0.3, -0.25) is 0 Å². The zero-order valence-electron chi connectivity index (χ0n) is 12.5. The van der Waals surface area contributed by atoms with Crippen LogP contribution in [0.4, 0.5) is 0 Å². The van der Waals surface area contributed by atoms with E-state index in [0.29, 0.717) is 0 Å². The van der Waals surface area contributed by atoms with Crippen molar-refractivity contribution in [1.29, 1.82) is 0 Å². The van der Waals surface area contributed by atoms with E-state index in [9.17, 15) is 0 Å². The van der Waals surface area contributed by atoms with Crippen molar-refractivity contribution in [2.24, 2.45) is 11.8 Å². The molecule has 1 saturated carbocycles. The quantitative estimate of drug-likeness (QED) is 0.735. The second-order valence-electron chi connectivity index (χ2n) is 6.27. The molecular weight excluding hydrogens is 208 g/mol. The van der Waals surface area contributed by atoms with Crippen molar-refractivity contribution < 1.29 is 0 Å². The largest absolute Gasteiger partial charge is 0.314 e. The van der Waals surface area contributed by atoms with Crippen LogP contribution in [0.25, 0.3) is 0 Å². The van der Waals surface area contributed by atoms with Crippen LogP contribution in [-0.4, -0.2) is 37.1 Å². The molecule has 0 radical (unpaired) electrons. The predicted octanol–water partition coefficient (Wildman–Crippen LogP) is 3.13. The molecule has 3 unspecified atom stereocenters. The Morgan fingerprint density at radius 1 is 1.24 bits per heavy atom. The molecule has 1 rings (SSSR count). The molecule has 0 heterocycles. The standard InChI is InChI=1S/C15H32N2/c1-6-16-15-9-7-8-14(15)11-17(5)13(4)10-12(2)3/h12-16H,6-11H2,1-5H3. The molecule has 1 fully saturated rings. The molecular formula is C15H32N2. The molecule has 2 nitrogen and oxygen atoms in total. The van der Waals surface area contributed by atoms with Gasteiger partial charge in [0.05, 0.1) is 0 Å². The minimum absolute atomic E-state index is 0.720. The van der Waals surface area contributed by atoms with E-state index in [1.807, 2.05) is 0 Å². The van der Waals surface area contributed by atoms with Gasteiger partial charge in [-0.05, 0) is 51.6 Å². The molecule has 0 amide bonds. The summed E-state index contributed by atoms with van der Waals surface area (Å²) >= 11 is 0. The van der Waals surface area contributed by atoms with Gasteiger partial charge >= 0.3 is 0 Å². The van der Waals surface area contributed by atoms with E-state index >= 15 is 0 Å². The summed E-state index contributed by atoms with van der Waals surface area (Å²) in [6.07, 6.45) is 5.52. The van der Waals surface area contributed by atoms with Gasteiger partial charge in [0, 0.05) is 18.6 Å². The summed E-state index contributed by atoms with van der Waals surface area (Å²) in [6.45, 7) is 11.6. The van der Waals surface area contributed by atoms with E-state index in [2.05, 4.69) is 45.0 Å². The number of hydrogen-bond acceptors (Lipinski definition) is 2. The minimum Gasteiger partial charge on any atom is -0.314 e.